The fourth-order valence-corrected chi connectivity index (χ4v) is 0.217. The van der Waals surface area contributed by atoms with Crippen LogP contribution in [-0.4, -0.2) is 0 Å². The van der Waals surface area contributed by atoms with Crippen molar-refractivity contribution in [2.75, 3.05) is 0 Å². The Labute approximate surface area is 46.4 Å². The van der Waals surface area contributed by atoms with E-state index >= 15 is 0 Å². The molecule has 0 bridgehead atoms. The predicted molar refractivity (Wildman–Crippen MR) is 26.2 cm³/mol. The van der Waals surface area contributed by atoms with Crippen LogP contribution in [0.2, 0.25) is 0 Å². The topological polar surface area (TPSA) is 0 Å². The van der Waals surface area contributed by atoms with Gasteiger partial charge in [0.1, 0.15) is 0 Å². The van der Waals surface area contributed by atoms with E-state index in [1.807, 2.05) is 0 Å². The number of halogens is 1. The standard InChI is InChI=1S/2C2H3.ClH.Ni/c2*1-2;;/h2*1H,2H2;1H;/q;;;+1/p-1. The van der Waals surface area contributed by atoms with Crippen molar-refractivity contribution < 1.29 is 12.5 Å². The van der Waals surface area contributed by atoms with E-state index in [-0.39, 0.29) is 0 Å². The second-order valence-corrected chi connectivity index (χ2v) is 3.21. The van der Waals surface area contributed by atoms with Crippen LogP contribution in [-0.2, 0) is 12.5 Å². The Morgan fingerprint density at radius 1 is 1.33 bits per heavy atom. The van der Waals surface area contributed by atoms with Gasteiger partial charge in [-0.15, -0.1) is 0 Å². The summed E-state index contributed by atoms with van der Waals surface area (Å²) in [4.78, 5) is 0. The van der Waals surface area contributed by atoms with Gasteiger partial charge in [0.15, 0.2) is 0 Å². The first-order valence-corrected chi connectivity index (χ1v) is 3.80. The monoisotopic (exact) mass is 147 g/mol. The molecular weight excluding hydrogens is 142 g/mol. The van der Waals surface area contributed by atoms with E-state index in [0.717, 1.165) is 0 Å². The van der Waals surface area contributed by atoms with Gasteiger partial charge < -0.3 is 0 Å². The molecule has 0 unspecified atom stereocenters. The van der Waals surface area contributed by atoms with Gasteiger partial charge in [-0.2, -0.15) is 0 Å². The molecule has 0 aliphatic carbocycles. The quantitative estimate of drug-likeness (QED) is 0.526. The van der Waals surface area contributed by atoms with E-state index in [1.165, 1.54) is 0 Å². The van der Waals surface area contributed by atoms with Crippen LogP contribution < -0.4 is 0 Å². The summed E-state index contributed by atoms with van der Waals surface area (Å²) in [6.07, 6.45) is 0. The van der Waals surface area contributed by atoms with Crippen molar-refractivity contribution in [3.63, 3.8) is 0 Å². The van der Waals surface area contributed by atoms with E-state index in [9.17, 15) is 0 Å². The van der Waals surface area contributed by atoms with Gasteiger partial charge in [0, 0.05) is 0 Å². The molecule has 0 N–H and O–H groups in total. The molecule has 0 saturated heterocycles. The van der Waals surface area contributed by atoms with E-state index in [4.69, 9.17) is 10.2 Å². The Balaban J connectivity index is 3.21. The fourth-order valence-electron chi connectivity index (χ4n) is 0.0527. The molecule has 0 aliphatic heterocycles. The minimum absolute atomic E-state index is 0.394. The second-order valence-electron chi connectivity index (χ2n) is 0.502. The summed E-state index contributed by atoms with van der Waals surface area (Å²) in [5, 5.41) is 3.32. The Kier molecular flexibility index (Phi) is 3.61. The van der Waals surface area contributed by atoms with Gasteiger partial charge >= 0.3 is 46.0 Å². The summed E-state index contributed by atoms with van der Waals surface area (Å²) in [5.41, 5.74) is 0. The molecule has 0 nitrogen and oxygen atoms in total. The SMILES string of the molecule is C=[CH][Ni]([Cl])[CH]=C. The van der Waals surface area contributed by atoms with Gasteiger partial charge in [0.05, 0.1) is 0 Å². The van der Waals surface area contributed by atoms with Crippen LogP contribution in [0.4, 0.5) is 0 Å². The van der Waals surface area contributed by atoms with Crippen LogP contribution in [0.15, 0.2) is 23.2 Å². The molecule has 0 atom stereocenters. The van der Waals surface area contributed by atoms with E-state index in [2.05, 4.69) is 13.2 Å². The van der Waals surface area contributed by atoms with Gasteiger partial charge in [-0.1, -0.05) is 0 Å². The summed E-state index contributed by atoms with van der Waals surface area (Å²) in [6.45, 7) is 6.89. The summed E-state index contributed by atoms with van der Waals surface area (Å²) in [5.74, 6) is 0. The van der Waals surface area contributed by atoms with Crippen molar-refractivity contribution in [2.24, 2.45) is 0 Å². The molecular formula is C4H6ClNi. The zero-order valence-electron chi connectivity index (χ0n) is 3.26. The number of rotatable bonds is 2. The Hall–Kier alpha value is 0.264. The molecule has 6 heavy (non-hydrogen) atoms. The molecule has 0 fully saturated rings. The number of hydrogen-bond acceptors (Lipinski definition) is 0. The van der Waals surface area contributed by atoms with Crippen molar-refractivity contribution >= 4 is 10.2 Å². The van der Waals surface area contributed by atoms with Crippen LogP contribution >= 0.6 is 10.2 Å². The summed E-state index contributed by atoms with van der Waals surface area (Å²) in [7, 11) is 5.46. The third-order valence-corrected chi connectivity index (χ3v) is 1.82. The zero-order chi connectivity index (χ0) is 4.99. The van der Waals surface area contributed by atoms with Crippen molar-refractivity contribution in [2.45, 2.75) is 0 Å². The molecule has 0 aromatic rings. The first-order chi connectivity index (χ1) is 2.81. The molecule has 0 rings (SSSR count). The fraction of sp³-hybridized carbons (Fsp3) is 0. The summed E-state index contributed by atoms with van der Waals surface area (Å²) < 4.78 is 0. The Bertz CT molecular complexity index is 52.6. The van der Waals surface area contributed by atoms with Gasteiger partial charge in [-0.25, -0.2) is 0 Å². The third-order valence-electron chi connectivity index (χ3n) is 0.247. The van der Waals surface area contributed by atoms with Crippen LogP contribution in [0.5, 0.6) is 0 Å². The molecule has 0 radical (unpaired) electrons. The molecule has 0 saturated carbocycles. The van der Waals surface area contributed by atoms with E-state index < -0.39 is 12.5 Å². The van der Waals surface area contributed by atoms with Crippen LogP contribution in [0.25, 0.3) is 0 Å². The molecule has 0 aliphatic rings. The van der Waals surface area contributed by atoms with Crippen molar-refractivity contribution in [3.8, 4) is 0 Å². The summed E-state index contributed by atoms with van der Waals surface area (Å²) in [6, 6.07) is 0. The van der Waals surface area contributed by atoms with E-state index in [0.29, 0.717) is 0 Å². The average Bonchev–Trinajstić information content (AvgIpc) is 1.65. The molecule has 2 heteroatoms. The van der Waals surface area contributed by atoms with Gasteiger partial charge in [0.2, 0.25) is 0 Å². The first kappa shape index (κ1) is 6.26. The normalized spacial score (nSPS) is 9.83. The maximum atomic E-state index is 5.46. The maximum absolute atomic E-state index is 5.46. The molecule has 0 amide bonds. The summed E-state index contributed by atoms with van der Waals surface area (Å²) >= 11 is -0.394. The van der Waals surface area contributed by atoms with Crippen LogP contribution in [0.1, 0.15) is 0 Å². The van der Waals surface area contributed by atoms with Gasteiger partial charge in [-0.05, 0) is 0 Å². The Morgan fingerprint density at radius 3 is 1.67 bits per heavy atom. The van der Waals surface area contributed by atoms with Gasteiger partial charge in [0.25, 0.3) is 0 Å². The van der Waals surface area contributed by atoms with Crippen LogP contribution in [0.3, 0.4) is 0 Å². The second kappa shape index (κ2) is 3.45. The van der Waals surface area contributed by atoms with Crippen LogP contribution in [0, 0.1) is 0 Å². The zero-order valence-corrected chi connectivity index (χ0v) is 5.01. The molecule has 0 aromatic heterocycles. The minimum atomic E-state index is -0.394. The average molecular weight is 148 g/mol. The molecule has 0 heterocycles. The van der Waals surface area contributed by atoms with Crippen molar-refractivity contribution in [3.05, 3.63) is 23.2 Å². The van der Waals surface area contributed by atoms with Gasteiger partial charge in [-0.3, -0.25) is 0 Å². The number of hydrogen-bond donors (Lipinski definition) is 0. The predicted octanol–water partition coefficient (Wildman–Crippen LogP) is 2.05. The molecule has 0 aromatic carbocycles. The molecule has 39 valence electrons. The van der Waals surface area contributed by atoms with Crippen molar-refractivity contribution in [1.29, 1.82) is 0 Å². The third kappa shape index (κ3) is 2.50. The molecule has 0 spiro atoms. The van der Waals surface area contributed by atoms with E-state index in [1.54, 1.807) is 10.1 Å². The van der Waals surface area contributed by atoms with Crippen molar-refractivity contribution in [1.82, 2.24) is 0 Å². The Morgan fingerprint density at radius 2 is 1.67 bits per heavy atom. The first-order valence-electron chi connectivity index (χ1n) is 1.30.